The van der Waals surface area contributed by atoms with E-state index in [-0.39, 0.29) is 38.0 Å². The van der Waals surface area contributed by atoms with Gasteiger partial charge in [0.1, 0.15) is 6.54 Å². The number of likely N-dealkylation sites (tertiary alicyclic amines) is 1. The Bertz CT molecular complexity index is 582. The minimum Gasteiger partial charge on any atom is -0.454 e. The van der Waals surface area contributed by atoms with E-state index in [0.29, 0.717) is 17.2 Å². The number of hydrogen-bond acceptors (Lipinski definition) is 5. The Kier molecular flexibility index (Phi) is 3.02. The fourth-order valence-corrected chi connectivity index (χ4v) is 2.12. The van der Waals surface area contributed by atoms with E-state index in [2.05, 4.69) is 5.32 Å². The highest BCUT2D eigenvalue weighted by Crippen LogP contribution is 2.34. The summed E-state index contributed by atoms with van der Waals surface area (Å²) in [6.45, 7) is -0.102. The summed E-state index contributed by atoms with van der Waals surface area (Å²) in [4.78, 5) is 35.6. The molecule has 0 aromatic heterocycles. The molecule has 3 amide bonds. The maximum absolute atomic E-state index is 11.8. The number of ether oxygens (including phenoxy) is 2. The van der Waals surface area contributed by atoms with Gasteiger partial charge < -0.3 is 14.8 Å². The number of amides is 3. The smallest absolute Gasteiger partial charge is 0.244 e. The third kappa shape index (κ3) is 2.29. The zero-order valence-electron chi connectivity index (χ0n) is 10.5. The summed E-state index contributed by atoms with van der Waals surface area (Å²) in [5.74, 6) is 0.128. The summed E-state index contributed by atoms with van der Waals surface area (Å²) in [7, 11) is 0. The van der Waals surface area contributed by atoms with Crippen LogP contribution in [0.25, 0.3) is 0 Å². The number of carbonyl (C=O) groups excluding carboxylic acids is 3. The van der Waals surface area contributed by atoms with E-state index >= 15 is 0 Å². The Balaban J connectivity index is 1.64. The first-order chi connectivity index (χ1) is 9.63. The van der Waals surface area contributed by atoms with E-state index in [1.165, 1.54) is 0 Å². The summed E-state index contributed by atoms with van der Waals surface area (Å²) in [5.41, 5.74) is 0.526. The quantitative estimate of drug-likeness (QED) is 0.813. The molecule has 1 fully saturated rings. The van der Waals surface area contributed by atoms with Crippen molar-refractivity contribution in [3.05, 3.63) is 18.2 Å². The number of fused-ring (bicyclic) bond motifs is 1. The lowest BCUT2D eigenvalue weighted by molar-refractivity contribution is -0.141. The number of benzene rings is 1. The second kappa shape index (κ2) is 4.84. The molecule has 0 spiro atoms. The highest BCUT2D eigenvalue weighted by atomic mass is 16.7. The van der Waals surface area contributed by atoms with Crippen LogP contribution in [0.1, 0.15) is 12.8 Å². The number of anilines is 1. The van der Waals surface area contributed by atoms with E-state index in [4.69, 9.17) is 9.47 Å². The largest absolute Gasteiger partial charge is 0.454 e. The maximum Gasteiger partial charge on any atom is 0.244 e. The number of nitrogens with one attached hydrogen (secondary N) is 1. The van der Waals surface area contributed by atoms with Gasteiger partial charge in [0.2, 0.25) is 24.5 Å². The molecule has 104 valence electrons. The van der Waals surface area contributed by atoms with Crippen LogP contribution in [0.2, 0.25) is 0 Å². The average molecular weight is 276 g/mol. The van der Waals surface area contributed by atoms with Gasteiger partial charge in [-0.25, -0.2) is 0 Å². The highest BCUT2D eigenvalue weighted by molar-refractivity contribution is 6.06. The number of imide groups is 1. The van der Waals surface area contributed by atoms with Crippen LogP contribution in [0, 0.1) is 0 Å². The molecule has 0 unspecified atom stereocenters. The number of rotatable bonds is 3. The fraction of sp³-hybridized carbons (Fsp3) is 0.308. The average Bonchev–Trinajstić information content (AvgIpc) is 3.00. The van der Waals surface area contributed by atoms with E-state index in [1.807, 2.05) is 0 Å². The van der Waals surface area contributed by atoms with Crippen LogP contribution in [0.3, 0.4) is 0 Å². The maximum atomic E-state index is 11.8. The minimum absolute atomic E-state index is 0.156. The Morgan fingerprint density at radius 2 is 1.85 bits per heavy atom. The molecule has 2 aliphatic rings. The van der Waals surface area contributed by atoms with Crippen molar-refractivity contribution in [3.63, 3.8) is 0 Å². The van der Waals surface area contributed by atoms with Crippen molar-refractivity contribution in [2.75, 3.05) is 18.7 Å². The molecule has 7 nitrogen and oxygen atoms in total. The van der Waals surface area contributed by atoms with Gasteiger partial charge in [0.05, 0.1) is 0 Å². The van der Waals surface area contributed by atoms with Gasteiger partial charge in [-0.05, 0) is 12.1 Å². The number of nitrogens with zero attached hydrogens (tertiary/aromatic N) is 1. The van der Waals surface area contributed by atoms with E-state index < -0.39 is 5.91 Å². The molecule has 2 heterocycles. The van der Waals surface area contributed by atoms with Crippen LogP contribution in [0.15, 0.2) is 18.2 Å². The Labute approximate surface area is 114 Å². The van der Waals surface area contributed by atoms with Gasteiger partial charge in [-0.15, -0.1) is 0 Å². The van der Waals surface area contributed by atoms with Crippen LogP contribution in [-0.4, -0.2) is 36.0 Å². The summed E-state index contributed by atoms with van der Waals surface area (Å²) < 4.78 is 10.4. The van der Waals surface area contributed by atoms with Crippen molar-refractivity contribution < 1.29 is 23.9 Å². The predicted molar refractivity (Wildman–Crippen MR) is 67.1 cm³/mol. The molecule has 1 N–H and O–H groups in total. The predicted octanol–water partition coefficient (Wildman–Crippen LogP) is 0.503. The van der Waals surface area contributed by atoms with Gasteiger partial charge in [0.15, 0.2) is 11.5 Å². The van der Waals surface area contributed by atoms with Crippen molar-refractivity contribution in [3.8, 4) is 11.5 Å². The van der Waals surface area contributed by atoms with Crippen molar-refractivity contribution in [2.24, 2.45) is 0 Å². The summed E-state index contributed by atoms with van der Waals surface area (Å²) in [6.07, 6.45) is 0.353. The standard InChI is InChI=1S/C13H12N2O5/c16-11(6-15-12(17)3-4-13(15)18)14-8-1-2-9-10(5-8)20-7-19-9/h1-2,5H,3-4,6-7H2,(H,14,16). The monoisotopic (exact) mass is 276 g/mol. The molecule has 0 saturated carbocycles. The van der Waals surface area contributed by atoms with Crippen LogP contribution in [-0.2, 0) is 14.4 Å². The molecule has 1 saturated heterocycles. The van der Waals surface area contributed by atoms with Crippen LogP contribution in [0.4, 0.5) is 5.69 Å². The summed E-state index contributed by atoms with van der Waals surface area (Å²) in [5, 5.41) is 2.62. The lowest BCUT2D eigenvalue weighted by Crippen LogP contribution is -2.36. The Morgan fingerprint density at radius 1 is 1.15 bits per heavy atom. The molecule has 3 rings (SSSR count). The fourth-order valence-electron chi connectivity index (χ4n) is 2.12. The molecule has 20 heavy (non-hydrogen) atoms. The van der Waals surface area contributed by atoms with E-state index in [1.54, 1.807) is 18.2 Å². The van der Waals surface area contributed by atoms with Gasteiger partial charge in [-0.3, -0.25) is 19.3 Å². The SMILES string of the molecule is O=C(CN1C(=O)CCC1=O)Nc1ccc2c(c1)OCO2. The molecular formula is C13H12N2O5. The van der Waals surface area contributed by atoms with Crippen molar-refractivity contribution in [2.45, 2.75) is 12.8 Å². The molecule has 1 aromatic carbocycles. The van der Waals surface area contributed by atoms with Crippen LogP contribution in [0.5, 0.6) is 11.5 Å². The van der Waals surface area contributed by atoms with Gasteiger partial charge in [-0.1, -0.05) is 0 Å². The zero-order valence-corrected chi connectivity index (χ0v) is 10.5. The molecule has 0 atom stereocenters. The first kappa shape index (κ1) is 12.5. The lowest BCUT2D eigenvalue weighted by Gasteiger charge is -2.13. The molecule has 0 aliphatic carbocycles. The first-order valence-corrected chi connectivity index (χ1v) is 6.16. The van der Waals surface area contributed by atoms with E-state index in [9.17, 15) is 14.4 Å². The molecule has 0 radical (unpaired) electrons. The Hall–Kier alpha value is -2.57. The number of hydrogen-bond donors (Lipinski definition) is 1. The summed E-state index contributed by atoms with van der Waals surface area (Å²) >= 11 is 0. The van der Waals surface area contributed by atoms with Gasteiger partial charge >= 0.3 is 0 Å². The summed E-state index contributed by atoms with van der Waals surface area (Å²) in [6, 6.07) is 4.98. The molecular weight excluding hydrogens is 264 g/mol. The van der Waals surface area contributed by atoms with Crippen molar-refractivity contribution in [1.29, 1.82) is 0 Å². The molecule has 2 aliphatic heterocycles. The number of carbonyl (C=O) groups is 3. The molecule has 0 bridgehead atoms. The normalized spacial score (nSPS) is 16.7. The van der Waals surface area contributed by atoms with Gasteiger partial charge in [0, 0.05) is 24.6 Å². The highest BCUT2D eigenvalue weighted by Gasteiger charge is 2.30. The second-order valence-electron chi connectivity index (χ2n) is 4.49. The minimum atomic E-state index is -0.424. The van der Waals surface area contributed by atoms with Crippen molar-refractivity contribution >= 4 is 23.4 Å². The first-order valence-electron chi connectivity index (χ1n) is 6.16. The second-order valence-corrected chi connectivity index (χ2v) is 4.49. The third-order valence-electron chi connectivity index (χ3n) is 3.11. The van der Waals surface area contributed by atoms with Gasteiger partial charge in [0.25, 0.3) is 0 Å². The van der Waals surface area contributed by atoms with Crippen LogP contribution < -0.4 is 14.8 Å². The molecule has 1 aromatic rings. The molecule has 7 heteroatoms. The van der Waals surface area contributed by atoms with Gasteiger partial charge in [-0.2, -0.15) is 0 Å². The lowest BCUT2D eigenvalue weighted by atomic mass is 10.2. The van der Waals surface area contributed by atoms with E-state index in [0.717, 1.165) is 4.90 Å². The van der Waals surface area contributed by atoms with Crippen LogP contribution >= 0.6 is 0 Å². The topological polar surface area (TPSA) is 84.9 Å². The Morgan fingerprint density at radius 3 is 2.60 bits per heavy atom. The van der Waals surface area contributed by atoms with Crippen molar-refractivity contribution in [1.82, 2.24) is 4.90 Å². The zero-order chi connectivity index (χ0) is 14.1. The third-order valence-corrected chi connectivity index (χ3v) is 3.11.